The Morgan fingerprint density at radius 1 is 0.717 bits per heavy atom. The average Bonchev–Trinajstić information content (AvgIpc) is 3.76. The number of urea groups is 2. The van der Waals surface area contributed by atoms with Crippen molar-refractivity contribution in [1.29, 1.82) is 0 Å². The first kappa shape index (κ1) is 42.5. The van der Waals surface area contributed by atoms with Crippen LogP contribution in [0.1, 0.15) is 59.6 Å². The number of hydrogen-bond donors (Lipinski definition) is 3. The second kappa shape index (κ2) is 17.2. The van der Waals surface area contributed by atoms with Crippen LogP contribution in [-0.2, 0) is 17.9 Å². The van der Waals surface area contributed by atoms with Crippen molar-refractivity contribution in [1.82, 2.24) is 39.3 Å². The maximum absolute atomic E-state index is 12.9. The summed E-state index contributed by atoms with van der Waals surface area (Å²) in [6.07, 6.45) is 3.47. The summed E-state index contributed by atoms with van der Waals surface area (Å²) in [7, 11) is 1.93. The predicted molar refractivity (Wildman–Crippen MR) is 243 cm³/mol. The van der Waals surface area contributed by atoms with E-state index < -0.39 is 0 Å². The molecule has 4 aromatic heterocycles. The van der Waals surface area contributed by atoms with Crippen LogP contribution in [0.5, 0.6) is 0 Å². The third-order valence-electron chi connectivity index (χ3n) is 11.1. The maximum atomic E-state index is 12.9. The molecule has 0 saturated carbocycles. The van der Waals surface area contributed by atoms with E-state index in [0.717, 1.165) is 33.7 Å². The molecule has 16 heteroatoms. The number of rotatable bonds is 4. The van der Waals surface area contributed by atoms with Crippen molar-refractivity contribution in [2.75, 3.05) is 66.2 Å². The smallest absolute Gasteiger partial charge is 0.324 e. The second-order valence-electron chi connectivity index (χ2n) is 17.5. The molecule has 14 nitrogen and oxygen atoms in total. The number of imidazole rings is 2. The number of aryl methyl sites for hydroxylation is 1. The summed E-state index contributed by atoms with van der Waals surface area (Å²) >= 11 is 12.5. The van der Waals surface area contributed by atoms with E-state index in [1.54, 1.807) is 17.3 Å². The zero-order valence-electron chi connectivity index (χ0n) is 35.6. The minimum Gasteiger partial charge on any atom is -0.352 e. The van der Waals surface area contributed by atoms with Gasteiger partial charge >= 0.3 is 12.1 Å². The Morgan fingerprint density at radius 2 is 1.30 bits per heavy atom. The highest BCUT2D eigenvalue weighted by molar-refractivity contribution is 6.33. The van der Waals surface area contributed by atoms with Crippen molar-refractivity contribution in [3.05, 3.63) is 94.2 Å². The summed E-state index contributed by atoms with van der Waals surface area (Å²) in [6, 6.07) is 19.4. The number of nitrogens with zero attached hydrogens (tertiary/aromatic N) is 9. The molecule has 0 bridgehead atoms. The van der Waals surface area contributed by atoms with Crippen LogP contribution in [0.15, 0.2) is 73.1 Å². The summed E-state index contributed by atoms with van der Waals surface area (Å²) in [5.41, 5.74) is 6.19. The molecule has 3 N–H and O–H groups in total. The fourth-order valence-electron chi connectivity index (χ4n) is 7.44. The number of aromatic amines is 1. The van der Waals surface area contributed by atoms with Gasteiger partial charge in [-0.3, -0.25) is 10.6 Å². The normalized spacial score (nSPS) is 16.2. The summed E-state index contributed by atoms with van der Waals surface area (Å²) in [5, 5.41) is 7.14. The molecule has 6 heterocycles. The molecule has 8 rings (SSSR count). The van der Waals surface area contributed by atoms with E-state index in [0.29, 0.717) is 67.8 Å². The predicted octanol–water partition coefficient (Wildman–Crippen LogP) is 8.92. The molecule has 2 aliphatic heterocycles. The van der Waals surface area contributed by atoms with E-state index in [1.807, 2.05) is 59.8 Å². The molecule has 4 amide bonds. The van der Waals surface area contributed by atoms with Gasteiger partial charge in [0.05, 0.1) is 32.1 Å². The zero-order chi connectivity index (χ0) is 42.9. The van der Waals surface area contributed by atoms with Crippen LogP contribution >= 0.6 is 23.2 Å². The van der Waals surface area contributed by atoms with Gasteiger partial charge in [0.2, 0.25) is 11.9 Å². The first-order valence-corrected chi connectivity index (χ1v) is 21.0. The third kappa shape index (κ3) is 9.39. The Hall–Kier alpha value is -5.60. The highest BCUT2D eigenvalue weighted by Gasteiger charge is 2.30. The number of piperazine rings is 2. The van der Waals surface area contributed by atoms with Crippen LogP contribution in [0, 0.1) is 0 Å². The van der Waals surface area contributed by atoms with Gasteiger partial charge in [-0.15, -0.1) is 0 Å². The van der Waals surface area contributed by atoms with E-state index in [9.17, 15) is 9.59 Å². The van der Waals surface area contributed by atoms with Gasteiger partial charge in [-0.1, -0.05) is 76.9 Å². The zero-order valence-corrected chi connectivity index (χ0v) is 37.1. The van der Waals surface area contributed by atoms with E-state index in [1.165, 1.54) is 11.1 Å². The molecule has 2 fully saturated rings. The van der Waals surface area contributed by atoms with Crippen molar-refractivity contribution in [3.63, 3.8) is 0 Å². The van der Waals surface area contributed by atoms with Crippen LogP contribution in [0.3, 0.4) is 0 Å². The van der Waals surface area contributed by atoms with Crippen molar-refractivity contribution in [2.45, 2.75) is 65.3 Å². The number of fused-ring (bicyclic) bond motifs is 2. The molecule has 2 aromatic carbocycles. The molecule has 2 aliphatic rings. The third-order valence-corrected chi connectivity index (χ3v) is 11.7. The first-order chi connectivity index (χ1) is 28.5. The van der Waals surface area contributed by atoms with Gasteiger partial charge in [-0.25, -0.2) is 29.5 Å². The van der Waals surface area contributed by atoms with Crippen LogP contribution in [-0.4, -0.2) is 103 Å². The van der Waals surface area contributed by atoms with E-state index in [-0.39, 0.29) is 28.9 Å². The molecule has 0 aliphatic carbocycles. The van der Waals surface area contributed by atoms with Crippen LogP contribution < -0.4 is 20.4 Å². The van der Waals surface area contributed by atoms with Crippen molar-refractivity contribution < 1.29 is 9.59 Å². The quantitative estimate of drug-likeness (QED) is 0.160. The molecule has 0 unspecified atom stereocenters. The molecule has 0 radical (unpaired) electrons. The Balaban J connectivity index is 0.000000181. The fourth-order valence-corrected chi connectivity index (χ4v) is 7.93. The maximum Gasteiger partial charge on any atom is 0.324 e. The average molecular weight is 854 g/mol. The number of aromatic nitrogens is 6. The summed E-state index contributed by atoms with van der Waals surface area (Å²) in [4.78, 5) is 54.7. The lowest BCUT2D eigenvalue weighted by Gasteiger charge is -2.40. The van der Waals surface area contributed by atoms with Gasteiger partial charge in [0.15, 0.2) is 0 Å². The van der Waals surface area contributed by atoms with E-state index >= 15 is 0 Å². The lowest BCUT2D eigenvalue weighted by Crippen LogP contribution is -2.55. The molecule has 0 spiro atoms. The molecule has 1 atom stereocenters. The van der Waals surface area contributed by atoms with E-state index in [4.69, 9.17) is 23.2 Å². The fraction of sp³-hybridized carbons (Fsp3) is 0.409. The Labute approximate surface area is 361 Å². The standard InChI is InChI=1S/2C22H27ClN6O/c1-22(2,3)15-7-8-17-18(14-15)27(4)20(25-17)26-21(30)29-12-10-28(11-13-29)19-16(23)6-5-9-24-19;1-14-13-28(19-16(23)6-5-9-24-19)10-11-29(14)21(30)27-20-25-17-8-7-15(22(2,3)4)12-18(17)26-20/h5-9,14H,10-13H2,1-4H3,(H,25,26,30);5-9,12,14H,10-11,13H2,1-4H3,(H2,25,26,27,30)/t;14-/m.1/s1. The number of carbonyl (C=O) groups excluding carboxylic acids is 2. The highest BCUT2D eigenvalue weighted by atomic mass is 35.5. The number of H-pyrrole nitrogens is 1. The number of pyridine rings is 2. The summed E-state index contributed by atoms with van der Waals surface area (Å²) in [5.74, 6) is 2.54. The van der Waals surface area contributed by atoms with Crippen molar-refractivity contribution >= 4 is 80.9 Å². The lowest BCUT2D eigenvalue weighted by atomic mass is 9.87. The number of amides is 4. The Morgan fingerprint density at radius 3 is 1.90 bits per heavy atom. The number of halogens is 2. The highest BCUT2D eigenvalue weighted by Crippen LogP contribution is 2.30. The number of hydrogen-bond acceptors (Lipinski definition) is 8. The Kier molecular flexibility index (Phi) is 12.2. The van der Waals surface area contributed by atoms with Gasteiger partial charge in [-0.05, 0) is 77.4 Å². The van der Waals surface area contributed by atoms with Gasteiger partial charge in [0.1, 0.15) is 11.6 Å². The topological polar surface area (TPSA) is 143 Å². The molecular formula is C44H54Cl2N12O2. The van der Waals surface area contributed by atoms with Gasteiger partial charge in [0.25, 0.3) is 0 Å². The van der Waals surface area contributed by atoms with Crippen molar-refractivity contribution in [3.8, 4) is 0 Å². The van der Waals surface area contributed by atoms with Crippen molar-refractivity contribution in [2.24, 2.45) is 7.05 Å². The lowest BCUT2D eigenvalue weighted by molar-refractivity contribution is 0.184. The number of carbonyl (C=O) groups is 2. The summed E-state index contributed by atoms with van der Waals surface area (Å²) < 4.78 is 1.94. The number of nitrogens with one attached hydrogen (secondary N) is 3. The summed E-state index contributed by atoms with van der Waals surface area (Å²) in [6.45, 7) is 19.6. The Bertz CT molecular complexity index is 2500. The molecule has 316 valence electrons. The molecule has 6 aromatic rings. The molecule has 2 saturated heterocycles. The minimum absolute atomic E-state index is 0.00805. The van der Waals surface area contributed by atoms with E-state index in [2.05, 4.69) is 111 Å². The van der Waals surface area contributed by atoms with Crippen LogP contribution in [0.4, 0.5) is 33.1 Å². The number of anilines is 4. The van der Waals surface area contributed by atoms with Crippen LogP contribution in [0.25, 0.3) is 22.1 Å². The van der Waals surface area contributed by atoms with Gasteiger partial charge in [0, 0.05) is 71.3 Å². The molecule has 60 heavy (non-hydrogen) atoms. The van der Waals surface area contributed by atoms with Gasteiger partial charge in [-0.2, -0.15) is 0 Å². The van der Waals surface area contributed by atoms with Crippen LogP contribution in [0.2, 0.25) is 10.0 Å². The second-order valence-corrected chi connectivity index (χ2v) is 18.3. The minimum atomic E-state index is -0.163. The monoisotopic (exact) mass is 852 g/mol. The first-order valence-electron chi connectivity index (χ1n) is 20.3. The number of benzene rings is 2. The largest absolute Gasteiger partial charge is 0.352 e. The van der Waals surface area contributed by atoms with Gasteiger partial charge < -0.3 is 29.2 Å². The SMILES string of the molecule is C[C@@H]1CN(c2ncccc2Cl)CCN1C(=O)Nc1nc2ccc(C(C)(C)C)cc2[nH]1.Cn1c(NC(=O)N2CCN(c3ncccc3Cl)CC2)nc2ccc(C(C)(C)C)cc21. The molecular weight excluding hydrogens is 799 g/mol.